The number of benzene rings is 1. The van der Waals surface area contributed by atoms with E-state index in [-0.39, 0.29) is 25.2 Å². The lowest BCUT2D eigenvalue weighted by Crippen LogP contribution is -2.26. The SMILES string of the molecule is CC(C)Nc1ccc(C=C(COC(=O)C(C)(C)C)COC(=O)C(C)(C)C)cc1. The van der Waals surface area contributed by atoms with Crippen LogP contribution >= 0.6 is 0 Å². The summed E-state index contributed by atoms with van der Waals surface area (Å²) in [5.74, 6) is -0.589. The highest BCUT2D eigenvalue weighted by Gasteiger charge is 2.25. The third-order valence-corrected chi connectivity index (χ3v) is 3.74. The lowest BCUT2D eigenvalue weighted by Gasteiger charge is -2.20. The van der Waals surface area contributed by atoms with Crippen molar-refractivity contribution < 1.29 is 19.1 Å². The van der Waals surface area contributed by atoms with Gasteiger partial charge in [-0.2, -0.15) is 0 Å². The standard InChI is InChI=1S/C23H35NO4/c1-16(2)24-19-11-9-17(10-12-19)13-18(14-27-20(25)22(3,4)5)15-28-21(26)23(6,7)8/h9-13,16,24H,14-15H2,1-8H3. The van der Waals surface area contributed by atoms with E-state index in [2.05, 4.69) is 19.2 Å². The van der Waals surface area contributed by atoms with E-state index >= 15 is 0 Å². The Bertz CT molecular complexity index is 657. The van der Waals surface area contributed by atoms with Crippen LogP contribution in [0.1, 0.15) is 61.0 Å². The van der Waals surface area contributed by atoms with Crippen LogP contribution < -0.4 is 5.32 Å². The molecule has 28 heavy (non-hydrogen) atoms. The Hall–Kier alpha value is -2.30. The first-order valence-corrected chi connectivity index (χ1v) is 9.69. The molecule has 0 saturated heterocycles. The van der Waals surface area contributed by atoms with Crippen LogP contribution in [0.15, 0.2) is 29.8 Å². The molecule has 0 heterocycles. The lowest BCUT2D eigenvalue weighted by molar-refractivity contribution is -0.153. The van der Waals surface area contributed by atoms with E-state index in [1.165, 1.54) is 0 Å². The molecule has 0 radical (unpaired) electrons. The molecular formula is C23H35NO4. The molecule has 5 heteroatoms. The average molecular weight is 390 g/mol. The molecule has 0 aliphatic rings. The Labute approximate surface area is 169 Å². The van der Waals surface area contributed by atoms with Gasteiger partial charge in [-0.3, -0.25) is 9.59 Å². The minimum atomic E-state index is -0.586. The zero-order valence-electron chi connectivity index (χ0n) is 18.5. The Morgan fingerprint density at radius 1 is 0.893 bits per heavy atom. The molecule has 0 fully saturated rings. The van der Waals surface area contributed by atoms with Gasteiger partial charge in [-0.1, -0.05) is 12.1 Å². The van der Waals surface area contributed by atoms with Gasteiger partial charge in [-0.15, -0.1) is 0 Å². The molecular weight excluding hydrogens is 354 g/mol. The molecule has 0 spiro atoms. The molecule has 0 aromatic heterocycles. The van der Waals surface area contributed by atoms with Crippen molar-refractivity contribution >= 4 is 23.7 Å². The number of hydrogen-bond donors (Lipinski definition) is 1. The third kappa shape index (κ3) is 8.59. The fourth-order valence-corrected chi connectivity index (χ4v) is 2.12. The van der Waals surface area contributed by atoms with Gasteiger partial charge in [-0.05, 0) is 79.2 Å². The van der Waals surface area contributed by atoms with Crippen LogP contribution in [0.5, 0.6) is 0 Å². The monoisotopic (exact) mass is 389 g/mol. The quantitative estimate of drug-likeness (QED) is 0.660. The normalized spacial score (nSPS) is 11.8. The first kappa shape index (κ1) is 23.7. The van der Waals surface area contributed by atoms with Crippen molar-refractivity contribution in [3.05, 3.63) is 35.4 Å². The Morgan fingerprint density at radius 3 is 1.68 bits per heavy atom. The summed E-state index contributed by atoms with van der Waals surface area (Å²) in [6.45, 7) is 15.2. The summed E-state index contributed by atoms with van der Waals surface area (Å²) in [7, 11) is 0. The minimum Gasteiger partial charge on any atom is -0.461 e. The summed E-state index contributed by atoms with van der Waals surface area (Å²) in [5.41, 5.74) is 1.53. The summed E-state index contributed by atoms with van der Waals surface area (Å²) in [4.78, 5) is 24.2. The van der Waals surface area contributed by atoms with E-state index in [0.717, 1.165) is 16.8 Å². The van der Waals surface area contributed by atoms with Gasteiger partial charge in [0, 0.05) is 17.3 Å². The molecule has 156 valence electrons. The van der Waals surface area contributed by atoms with Crippen LogP contribution in [0.4, 0.5) is 5.69 Å². The summed E-state index contributed by atoms with van der Waals surface area (Å²) in [6.07, 6.45) is 1.89. The van der Waals surface area contributed by atoms with Crippen molar-refractivity contribution in [1.29, 1.82) is 0 Å². The topological polar surface area (TPSA) is 64.6 Å². The molecule has 1 rings (SSSR count). The van der Waals surface area contributed by atoms with Gasteiger partial charge >= 0.3 is 11.9 Å². The predicted octanol–water partition coefficient (Wildman–Crippen LogP) is 5.07. The maximum Gasteiger partial charge on any atom is 0.311 e. The van der Waals surface area contributed by atoms with E-state index in [4.69, 9.17) is 9.47 Å². The molecule has 5 nitrogen and oxygen atoms in total. The largest absolute Gasteiger partial charge is 0.461 e. The van der Waals surface area contributed by atoms with Gasteiger partial charge in [0.25, 0.3) is 0 Å². The molecule has 0 bridgehead atoms. The van der Waals surface area contributed by atoms with Gasteiger partial charge in [0.2, 0.25) is 0 Å². The Morgan fingerprint density at radius 2 is 1.32 bits per heavy atom. The maximum absolute atomic E-state index is 12.1. The maximum atomic E-state index is 12.1. The first-order chi connectivity index (χ1) is 12.8. The molecule has 0 aliphatic carbocycles. The van der Waals surface area contributed by atoms with Crippen LogP contribution in [0, 0.1) is 10.8 Å². The van der Waals surface area contributed by atoms with Crippen molar-refractivity contribution in [3.8, 4) is 0 Å². The zero-order chi connectivity index (χ0) is 21.5. The van der Waals surface area contributed by atoms with Crippen LogP contribution in [-0.2, 0) is 19.1 Å². The molecule has 1 aromatic rings. The summed E-state index contributed by atoms with van der Waals surface area (Å²) in [6, 6.07) is 8.28. The van der Waals surface area contributed by atoms with Gasteiger partial charge in [0.05, 0.1) is 10.8 Å². The van der Waals surface area contributed by atoms with Crippen LogP contribution in [0.25, 0.3) is 6.08 Å². The van der Waals surface area contributed by atoms with Crippen molar-refractivity contribution in [1.82, 2.24) is 0 Å². The van der Waals surface area contributed by atoms with Crippen LogP contribution in [0.3, 0.4) is 0 Å². The highest BCUT2D eigenvalue weighted by Crippen LogP contribution is 2.19. The fraction of sp³-hybridized carbons (Fsp3) is 0.565. The second-order valence-corrected chi connectivity index (χ2v) is 9.38. The van der Waals surface area contributed by atoms with Gasteiger partial charge in [-0.25, -0.2) is 0 Å². The van der Waals surface area contributed by atoms with Crippen molar-refractivity contribution in [2.24, 2.45) is 10.8 Å². The Balaban J connectivity index is 2.93. The zero-order valence-corrected chi connectivity index (χ0v) is 18.5. The number of carbonyl (C=O) groups is 2. The highest BCUT2D eigenvalue weighted by atomic mass is 16.5. The van der Waals surface area contributed by atoms with E-state index < -0.39 is 10.8 Å². The number of anilines is 1. The summed E-state index contributed by atoms with van der Waals surface area (Å²) in [5, 5.41) is 3.34. The Kier molecular flexibility index (Phi) is 8.28. The molecule has 1 N–H and O–H groups in total. The number of carbonyl (C=O) groups excluding carboxylic acids is 2. The van der Waals surface area contributed by atoms with Gasteiger partial charge in [0.15, 0.2) is 0 Å². The third-order valence-electron chi connectivity index (χ3n) is 3.74. The van der Waals surface area contributed by atoms with Crippen molar-refractivity contribution in [2.45, 2.75) is 61.4 Å². The summed E-state index contributed by atoms with van der Waals surface area (Å²) < 4.78 is 10.8. The molecule has 0 aliphatic heterocycles. The van der Waals surface area contributed by atoms with Crippen LogP contribution in [0.2, 0.25) is 0 Å². The molecule has 0 atom stereocenters. The van der Waals surface area contributed by atoms with Gasteiger partial charge in [0.1, 0.15) is 13.2 Å². The average Bonchev–Trinajstić information content (AvgIpc) is 2.56. The lowest BCUT2D eigenvalue weighted by atomic mass is 9.97. The minimum absolute atomic E-state index is 0.0829. The molecule has 0 amide bonds. The van der Waals surface area contributed by atoms with Crippen molar-refractivity contribution in [2.75, 3.05) is 18.5 Å². The predicted molar refractivity (Wildman–Crippen MR) is 114 cm³/mol. The van der Waals surface area contributed by atoms with E-state index in [9.17, 15) is 9.59 Å². The number of esters is 2. The molecule has 1 aromatic carbocycles. The summed E-state index contributed by atoms with van der Waals surface area (Å²) >= 11 is 0. The van der Waals surface area contributed by atoms with E-state index in [0.29, 0.717) is 6.04 Å². The van der Waals surface area contributed by atoms with Crippen LogP contribution in [-0.4, -0.2) is 31.2 Å². The fourth-order valence-electron chi connectivity index (χ4n) is 2.12. The van der Waals surface area contributed by atoms with Crippen molar-refractivity contribution in [3.63, 3.8) is 0 Å². The number of hydrogen-bond acceptors (Lipinski definition) is 5. The highest BCUT2D eigenvalue weighted by molar-refractivity contribution is 5.76. The van der Waals surface area contributed by atoms with E-state index in [1.807, 2.05) is 30.3 Å². The molecule has 0 saturated carbocycles. The number of rotatable bonds is 7. The number of ether oxygens (including phenoxy) is 2. The number of nitrogens with one attached hydrogen (secondary N) is 1. The second-order valence-electron chi connectivity index (χ2n) is 9.38. The first-order valence-electron chi connectivity index (χ1n) is 9.69. The second kappa shape index (κ2) is 9.76. The smallest absolute Gasteiger partial charge is 0.311 e. The molecule has 0 unspecified atom stereocenters. The van der Waals surface area contributed by atoms with Gasteiger partial charge < -0.3 is 14.8 Å². The van der Waals surface area contributed by atoms with E-state index in [1.54, 1.807) is 41.5 Å².